The zero-order chi connectivity index (χ0) is 11.3. The summed E-state index contributed by atoms with van der Waals surface area (Å²) in [7, 11) is 0. The van der Waals surface area contributed by atoms with Crippen molar-refractivity contribution in [2.24, 2.45) is 0 Å². The first-order valence-corrected chi connectivity index (χ1v) is 4.59. The third-order valence-corrected chi connectivity index (χ3v) is 1.61. The molecule has 0 spiro atoms. The number of H-pyrrole nitrogens is 3. The molecule has 2 aromatic rings. The summed E-state index contributed by atoms with van der Waals surface area (Å²) in [6, 6.07) is 1.56. The van der Waals surface area contributed by atoms with Crippen LogP contribution in [0.4, 0.5) is 0 Å². The van der Waals surface area contributed by atoms with E-state index in [9.17, 15) is 9.59 Å². The fourth-order valence-electron chi connectivity index (χ4n) is 1.03. The van der Waals surface area contributed by atoms with Crippen LogP contribution in [0.3, 0.4) is 0 Å². The lowest BCUT2D eigenvalue weighted by atomic mass is 10.2. The van der Waals surface area contributed by atoms with Crippen molar-refractivity contribution >= 4 is 0 Å². The number of nitrogens with one attached hydrogen (secondary N) is 3. The molecule has 0 saturated heterocycles. The Labute approximate surface area is 85.4 Å². The monoisotopic (exact) mass is 208 g/mol. The lowest BCUT2D eigenvalue weighted by molar-refractivity contribution is 1.05. The highest BCUT2D eigenvalue weighted by molar-refractivity contribution is 5.55. The Balaban J connectivity index is 0.000000531. The second-order valence-electron chi connectivity index (χ2n) is 2.45. The molecule has 0 aliphatic heterocycles. The van der Waals surface area contributed by atoms with Crippen LogP contribution in [-0.4, -0.2) is 20.2 Å². The molecule has 0 saturated carbocycles. The normalized spacial score (nSPS) is 9.20. The number of nitrogens with zero attached hydrogens (tertiary/aromatic N) is 1. The zero-order valence-electron chi connectivity index (χ0n) is 8.50. The summed E-state index contributed by atoms with van der Waals surface area (Å²) in [6.45, 7) is 4.00. The quantitative estimate of drug-likeness (QED) is 0.636. The van der Waals surface area contributed by atoms with Crippen molar-refractivity contribution in [3.05, 3.63) is 39.3 Å². The molecule has 0 fully saturated rings. The number of hydrogen-bond acceptors (Lipinski definition) is 3. The Hall–Kier alpha value is -2.11. The van der Waals surface area contributed by atoms with Gasteiger partial charge in [0.25, 0.3) is 5.56 Å². The average molecular weight is 208 g/mol. The van der Waals surface area contributed by atoms with Crippen LogP contribution < -0.4 is 11.2 Å². The summed E-state index contributed by atoms with van der Waals surface area (Å²) < 4.78 is 0. The summed E-state index contributed by atoms with van der Waals surface area (Å²) in [5, 5.41) is 4.90. The van der Waals surface area contributed by atoms with Crippen molar-refractivity contribution in [1.29, 1.82) is 0 Å². The van der Waals surface area contributed by atoms with Crippen LogP contribution in [0.15, 0.2) is 28.0 Å². The van der Waals surface area contributed by atoms with Crippen LogP contribution in [0.1, 0.15) is 13.8 Å². The molecule has 0 radical (unpaired) electrons. The molecule has 0 atom stereocenters. The maximum Gasteiger partial charge on any atom is 0.345 e. The second-order valence-corrected chi connectivity index (χ2v) is 2.45. The van der Waals surface area contributed by atoms with Gasteiger partial charge in [0.05, 0.1) is 11.3 Å². The summed E-state index contributed by atoms with van der Waals surface area (Å²) in [5.41, 5.74) is 0.0851. The van der Waals surface area contributed by atoms with Gasteiger partial charge in [-0.15, -0.1) is 0 Å². The van der Waals surface area contributed by atoms with Gasteiger partial charge < -0.3 is 10.1 Å². The molecule has 15 heavy (non-hydrogen) atoms. The SMILES string of the molecule is CC.O=c1nccc(-c2c[nH][nH]c2=O)[nH]1. The van der Waals surface area contributed by atoms with Crippen molar-refractivity contribution in [3.8, 4) is 11.3 Å². The zero-order valence-corrected chi connectivity index (χ0v) is 8.50. The molecule has 80 valence electrons. The number of rotatable bonds is 1. The topological polar surface area (TPSA) is 94.4 Å². The van der Waals surface area contributed by atoms with E-state index in [2.05, 4.69) is 20.2 Å². The van der Waals surface area contributed by atoms with Gasteiger partial charge in [0, 0.05) is 12.4 Å². The van der Waals surface area contributed by atoms with Crippen LogP contribution in [0.5, 0.6) is 0 Å². The van der Waals surface area contributed by atoms with E-state index in [0.717, 1.165) is 0 Å². The predicted molar refractivity (Wildman–Crippen MR) is 56.6 cm³/mol. The van der Waals surface area contributed by atoms with Crippen molar-refractivity contribution in [1.82, 2.24) is 20.2 Å². The number of aromatic amines is 3. The van der Waals surface area contributed by atoms with Crippen molar-refractivity contribution in [2.45, 2.75) is 13.8 Å². The third kappa shape index (κ3) is 2.43. The lowest BCUT2D eigenvalue weighted by Gasteiger charge is -1.92. The molecule has 2 aromatic heterocycles. The van der Waals surface area contributed by atoms with E-state index in [-0.39, 0.29) is 5.56 Å². The van der Waals surface area contributed by atoms with Gasteiger partial charge in [-0.1, -0.05) is 13.8 Å². The summed E-state index contributed by atoms with van der Waals surface area (Å²) >= 11 is 0. The van der Waals surface area contributed by atoms with E-state index in [1.54, 1.807) is 6.07 Å². The highest BCUT2D eigenvalue weighted by Crippen LogP contribution is 2.06. The predicted octanol–water partition coefficient (Wildman–Crippen LogP) is 0.479. The standard InChI is InChI=1S/C7H6N4O2.C2H6/c12-6-4(3-9-11-6)5-1-2-8-7(13)10-5;1-2/h1-3H,(H,8,10,13)(H2,9,11,12);1-2H3. The molecule has 0 unspecified atom stereocenters. The van der Waals surface area contributed by atoms with Gasteiger partial charge in [0.2, 0.25) is 0 Å². The lowest BCUT2D eigenvalue weighted by Crippen LogP contribution is -2.11. The highest BCUT2D eigenvalue weighted by atomic mass is 16.1. The van der Waals surface area contributed by atoms with Gasteiger partial charge in [0.1, 0.15) is 0 Å². The fraction of sp³-hybridized carbons (Fsp3) is 0.222. The highest BCUT2D eigenvalue weighted by Gasteiger charge is 2.03. The van der Waals surface area contributed by atoms with Crippen molar-refractivity contribution < 1.29 is 0 Å². The minimum Gasteiger partial charge on any atom is -0.305 e. The molecule has 0 aliphatic carbocycles. The smallest absolute Gasteiger partial charge is 0.305 e. The van der Waals surface area contributed by atoms with Gasteiger partial charge in [0.15, 0.2) is 0 Å². The second kappa shape index (κ2) is 4.94. The molecule has 3 N–H and O–H groups in total. The van der Waals surface area contributed by atoms with E-state index in [0.29, 0.717) is 11.3 Å². The van der Waals surface area contributed by atoms with E-state index < -0.39 is 5.69 Å². The average Bonchev–Trinajstić information content (AvgIpc) is 2.67. The van der Waals surface area contributed by atoms with Crippen LogP contribution in [-0.2, 0) is 0 Å². The van der Waals surface area contributed by atoms with Crippen molar-refractivity contribution in [2.75, 3.05) is 0 Å². The molecule has 6 heteroatoms. The van der Waals surface area contributed by atoms with E-state index in [1.807, 2.05) is 13.8 Å². The molecular formula is C9H12N4O2. The Morgan fingerprint density at radius 3 is 2.53 bits per heavy atom. The minimum atomic E-state index is -0.474. The molecule has 2 heterocycles. The summed E-state index contributed by atoms with van der Waals surface area (Å²) in [6.07, 6.45) is 2.83. The Kier molecular flexibility index (Phi) is 3.61. The fourth-order valence-corrected chi connectivity index (χ4v) is 1.03. The first-order chi connectivity index (χ1) is 7.27. The molecule has 0 bridgehead atoms. The Morgan fingerprint density at radius 2 is 2.00 bits per heavy atom. The first kappa shape index (κ1) is 11.0. The van der Waals surface area contributed by atoms with Crippen LogP contribution >= 0.6 is 0 Å². The Morgan fingerprint density at radius 1 is 1.27 bits per heavy atom. The van der Waals surface area contributed by atoms with Gasteiger partial charge >= 0.3 is 5.69 Å². The van der Waals surface area contributed by atoms with Crippen LogP contribution in [0.2, 0.25) is 0 Å². The molecule has 2 rings (SSSR count). The van der Waals surface area contributed by atoms with E-state index >= 15 is 0 Å². The molecule has 0 amide bonds. The first-order valence-electron chi connectivity index (χ1n) is 4.59. The number of hydrogen-bond donors (Lipinski definition) is 3. The largest absolute Gasteiger partial charge is 0.345 e. The molecular weight excluding hydrogens is 196 g/mol. The third-order valence-electron chi connectivity index (χ3n) is 1.61. The van der Waals surface area contributed by atoms with Gasteiger partial charge in [-0.2, -0.15) is 0 Å². The molecule has 0 aromatic carbocycles. The Bertz CT molecular complexity index is 523. The molecule has 6 nitrogen and oxygen atoms in total. The van der Waals surface area contributed by atoms with E-state index in [1.165, 1.54) is 12.4 Å². The van der Waals surface area contributed by atoms with Crippen LogP contribution in [0.25, 0.3) is 11.3 Å². The summed E-state index contributed by atoms with van der Waals surface area (Å²) in [5.74, 6) is 0. The van der Waals surface area contributed by atoms with E-state index in [4.69, 9.17) is 0 Å². The molecule has 0 aliphatic rings. The number of aromatic nitrogens is 4. The maximum absolute atomic E-state index is 11.1. The van der Waals surface area contributed by atoms with Crippen LogP contribution in [0, 0.1) is 0 Å². The van der Waals surface area contributed by atoms with Gasteiger partial charge in [-0.05, 0) is 6.07 Å². The van der Waals surface area contributed by atoms with Gasteiger partial charge in [-0.25, -0.2) is 9.78 Å². The minimum absolute atomic E-state index is 0.276. The van der Waals surface area contributed by atoms with Crippen molar-refractivity contribution in [3.63, 3.8) is 0 Å². The van der Waals surface area contributed by atoms with Gasteiger partial charge in [-0.3, -0.25) is 9.89 Å². The summed E-state index contributed by atoms with van der Waals surface area (Å²) in [4.78, 5) is 27.8. The maximum atomic E-state index is 11.1.